The van der Waals surface area contributed by atoms with Gasteiger partial charge in [-0.15, -0.1) is 0 Å². The van der Waals surface area contributed by atoms with Crippen LogP contribution in [-0.4, -0.2) is 50.1 Å². The Morgan fingerprint density at radius 3 is 2.38 bits per heavy atom. The van der Waals surface area contributed by atoms with Crippen LogP contribution in [0.1, 0.15) is 47.1 Å². The second kappa shape index (κ2) is 10.7. The first-order valence-electron chi connectivity index (χ1n) is 11.5. The molecule has 2 aromatic carbocycles. The van der Waals surface area contributed by atoms with Gasteiger partial charge in [0.1, 0.15) is 12.1 Å². The van der Waals surface area contributed by atoms with Gasteiger partial charge >= 0.3 is 6.09 Å². The molecule has 0 N–H and O–H groups in total. The van der Waals surface area contributed by atoms with E-state index in [1.807, 2.05) is 13.0 Å². The number of carbonyl (C=O) groups excluding carboxylic acids is 2. The summed E-state index contributed by atoms with van der Waals surface area (Å²) in [5.74, 6) is 0.269. The molecule has 37 heavy (non-hydrogen) atoms. The van der Waals surface area contributed by atoms with E-state index in [-0.39, 0.29) is 29.7 Å². The number of amides is 1. The van der Waals surface area contributed by atoms with Crippen LogP contribution in [0.15, 0.2) is 52.8 Å². The first-order valence-corrected chi connectivity index (χ1v) is 11.5. The third-order valence-electron chi connectivity index (χ3n) is 6.07. The Hall–Kier alpha value is -4.40. The second-order valence-corrected chi connectivity index (χ2v) is 8.63. The summed E-state index contributed by atoms with van der Waals surface area (Å²) in [6.07, 6.45) is 4.70. The fourth-order valence-electron chi connectivity index (χ4n) is 4.21. The molecule has 0 fully saturated rings. The number of carbonyl (C=O) groups is 2. The number of rotatable bonds is 8. The van der Waals surface area contributed by atoms with Crippen LogP contribution in [-0.2, 0) is 0 Å². The number of halogens is 1. The van der Waals surface area contributed by atoms with Crippen molar-refractivity contribution in [2.24, 2.45) is 0 Å². The molecule has 4 rings (SSSR count). The van der Waals surface area contributed by atoms with Gasteiger partial charge in [0.15, 0.2) is 11.5 Å². The Kier molecular flexibility index (Phi) is 7.42. The molecule has 1 aliphatic carbocycles. The highest BCUT2D eigenvalue weighted by atomic mass is 19.1. The summed E-state index contributed by atoms with van der Waals surface area (Å²) in [7, 11) is 6.10. The number of oxazole rings is 1. The highest BCUT2D eigenvalue weighted by Crippen LogP contribution is 2.46. The molecule has 1 aromatic heterocycles. The molecule has 1 heterocycles. The van der Waals surface area contributed by atoms with Gasteiger partial charge in [-0.3, -0.25) is 4.79 Å². The van der Waals surface area contributed by atoms with Gasteiger partial charge in [-0.1, -0.05) is 6.07 Å². The quantitative estimate of drug-likeness (QED) is 0.352. The number of fused-ring (bicyclic) bond motifs is 1. The van der Waals surface area contributed by atoms with Crippen molar-refractivity contribution in [3.8, 4) is 17.2 Å². The number of Topliss-reactive ketones (excluding diaryl/α,β-unsaturated/α-hetero) is 1. The number of ether oxygens (including phenoxy) is 3. The van der Waals surface area contributed by atoms with Crippen LogP contribution in [0.2, 0.25) is 0 Å². The van der Waals surface area contributed by atoms with Crippen molar-refractivity contribution in [2.45, 2.75) is 19.8 Å². The largest absolute Gasteiger partial charge is 0.493 e. The highest BCUT2D eigenvalue weighted by Gasteiger charge is 2.26. The van der Waals surface area contributed by atoms with Crippen molar-refractivity contribution in [2.75, 3.05) is 28.3 Å². The zero-order chi connectivity index (χ0) is 26.7. The van der Waals surface area contributed by atoms with Gasteiger partial charge in [-0.2, -0.15) is 0 Å². The average molecular weight is 507 g/mol. The van der Waals surface area contributed by atoms with Crippen LogP contribution in [0, 0.1) is 5.82 Å². The van der Waals surface area contributed by atoms with Crippen LogP contribution in [0.25, 0.3) is 17.2 Å². The van der Waals surface area contributed by atoms with E-state index in [1.54, 1.807) is 32.3 Å². The number of benzene rings is 2. The summed E-state index contributed by atoms with van der Waals surface area (Å²) in [6.45, 7) is 1.94. The monoisotopic (exact) mass is 506 g/mol. The number of hydrogen-bond acceptors (Lipinski definition) is 7. The third kappa shape index (κ3) is 5.25. The lowest BCUT2D eigenvalue weighted by molar-refractivity contribution is 0.0950. The van der Waals surface area contributed by atoms with Gasteiger partial charge in [0, 0.05) is 20.5 Å². The van der Waals surface area contributed by atoms with Crippen molar-refractivity contribution in [1.82, 2.24) is 9.88 Å². The predicted octanol–water partition coefficient (Wildman–Crippen LogP) is 5.88. The highest BCUT2D eigenvalue weighted by molar-refractivity contribution is 6.06. The summed E-state index contributed by atoms with van der Waals surface area (Å²) in [5, 5.41) is 0. The number of ketones is 1. The maximum atomic E-state index is 14.2. The van der Waals surface area contributed by atoms with E-state index in [0.717, 1.165) is 33.4 Å². The third-order valence-corrected chi connectivity index (χ3v) is 6.07. The van der Waals surface area contributed by atoms with E-state index >= 15 is 0 Å². The van der Waals surface area contributed by atoms with Crippen molar-refractivity contribution < 1.29 is 32.6 Å². The van der Waals surface area contributed by atoms with E-state index in [1.165, 1.54) is 43.7 Å². The minimum absolute atomic E-state index is 0.0562. The Bertz CT molecular complexity index is 1380. The number of hydrogen-bond donors (Lipinski definition) is 0. The molecule has 0 radical (unpaired) electrons. The summed E-state index contributed by atoms with van der Waals surface area (Å²) in [5.41, 5.74) is 4.96. The first-order chi connectivity index (χ1) is 17.7. The molecular weight excluding hydrogens is 479 g/mol. The van der Waals surface area contributed by atoms with Gasteiger partial charge in [-0.25, -0.2) is 14.2 Å². The number of allylic oxidation sites excluding steroid dienone is 3. The zero-order valence-electron chi connectivity index (χ0n) is 21.3. The summed E-state index contributed by atoms with van der Waals surface area (Å²) >= 11 is 0. The minimum atomic E-state index is -0.572. The van der Waals surface area contributed by atoms with Crippen LogP contribution in [0.4, 0.5) is 9.18 Å². The molecule has 192 valence electrons. The van der Waals surface area contributed by atoms with E-state index in [4.69, 9.17) is 18.6 Å². The maximum Gasteiger partial charge on any atom is 0.414 e. The fourth-order valence-corrected chi connectivity index (χ4v) is 4.21. The SMILES string of the molecule is COc1cc(C=C2C(C)=C(CCC(=O)c3ncco3)c3cc(F)ccc32)cc(OC)c1OC(=O)N(C)C. The van der Waals surface area contributed by atoms with E-state index in [2.05, 4.69) is 4.98 Å². The van der Waals surface area contributed by atoms with Crippen LogP contribution < -0.4 is 14.2 Å². The Morgan fingerprint density at radius 2 is 1.78 bits per heavy atom. The van der Waals surface area contributed by atoms with Crippen LogP contribution in [0.5, 0.6) is 17.2 Å². The van der Waals surface area contributed by atoms with Crippen LogP contribution >= 0.6 is 0 Å². The molecule has 1 amide bonds. The molecule has 3 aromatic rings. The van der Waals surface area contributed by atoms with Gasteiger partial charge in [0.2, 0.25) is 11.5 Å². The summed E-state index contributed by atoms with van der Waals surface area (Å²) < 4.78 is 35.8. The molecule has 0 saturated carbocycles. The molecule has 0 atom stereocenters. The van der Waals surface area contributed by atoms with Crippen molar-refractivity contribution in [1.29, 1.82) is 0 Å². The minimum Gasteiger partial charge on any atom is -0.493 e. The summed E-state index contributed by atoms with van der Waals surface area (Å²) in [4.78, 5) is 29.8. The number of methoxy groups -OCH3 is 2. The fraction of sp³-hybridized carbons (Fsp3) is 0.250. The van der Waals surface area contributed by atoms with E-state index in [0.29, 0.717) is 17.9 Å². The lowest BCUT2D eigenvalue weighted by atomic mass is 9.99. The van der Waals surface area contributed by atoms with Crippen molar-refractivity contribution >= 4 is 29.1 Å². The van der Waals surface area contributed by atoms with E-state index < -0.39 is 6.09 Å². The second-order valence-electron chi connectivity index (χ2n) is 8.63. The first kappa shape index (κ1) is 25.7. The molecular formula is C28H27FN2O6. The summed E-state index contributed by atoms with van der Waals surface area (Å²) in [6, 6.07) is 8.08. The van der Waals surface area contributed by atoms with Gasteiger partial charge in [0.05, 0.1) is 20.4 Å². The molecule has 0 spiro atoms. The number of nitrogens with zero attached hydrogens (tertiary/aromatic N) is 2. The molecule has 0 aliphatic heterocycles. The van der Waals surface area contributed by atoms with Gasteiger partial charge in [0.25, 0.3) is 5.89 Å². The normalized spacial score (nSPS) is 13.5. The van der Waals surface area contributed by atoms with Crippen molar-refractivity contribution in [3.63, 3.8) is 0 Å². The molecule has 1 aliphatic rings. The van der Waals surface area contributed by atoms with E-state index in [9.17, 15) is 14.0 Å². The standard InChI is InChI=1S/C28H27FN2O6/c1-16-19(8-9-23(32)27-30-10-11-36-27)22-15-18(29)6-7-20(22)21(16)12-17-13-24(34-4)26(25(14-17)35-5)37-28(33)31(2)3/h6-7,10-15H,8-9H2,1-5H3. The van der Waals surface area contributed by atoms with Gasteiger partial charge < -0.3 is 23.5 Å². The van der Waals surface area contributed by atoms with Crippen LogP contribution in [0.3, 0.4) is 0 Å². The smallest absolute Gasteiger partial charge is 0.414 e. The predicted molar refractivity (Wildman–Crippen MR) is 136 cm³/mol. The number of aromatic nitrogens is 1. The van der Waals surface area contributed by atoms with Gasteiger partial charge in [-0.05, 0) is 77.1 Å². The lowest BCUT2D eigenvalue weighted by Crippen LogP contribution is -2.25. The molecule has 8 nitrogen and oxygen atoms in total. The molecule has 9 heteroatoms. The van der Waals surface area contributed by atoms with Crippen molar-refractivity contribution in [3.05, 3.63) is 76.8 Å². The Balaban J connectivity index is 1.74. The molecule has 0 unspecified atom stereocenters. The Labute approximate surface area is 214 Å². The Morgan fingerprint density at radius 1 is 1.08 bits per heavy atom. The maximum absolute atomic E-state index is 14.2. The topological polar surface area (TPSA) is 91.1 Å². The molecule has 0 bridgehead atoms. The average Bonchev–Trinajstić information content (AvgIpc) is 3.50. The zero-order valence-corrected chi connectivity index (χ0v) is 21.3. The molecule has 0 saturated heterocycles. The lowest BCUT2D eigenvalue weighted by Gasteiger charge is -2.17.